The average molecular weight is 1830 g/mol. The van der Waals surface area contributed by atoms with Gasteiger partial charge in [-0.15, -0.1) is 6.42 Å². The summed E-state index contributed by atoms with van der Waals surface area (Å²) in [5.74, 6) is -5.08. The summed E-state index contributed by atoms with van der Waals surface area (Å²) < 4.78 is 200. The molecule has 0 aliphatic carbocycles. The number of ketones is 1. The third-order valence-corrected chi connectivity index (χ3v) is 21.4. The Morgan fingerprint density at radius 2 is 0.718 bits per heavy atom. The Hall–Kier alpha value is -12.7. The number of nitrogens with two attached hydrogens (primary N) is 4. The van der Waals surface area contributed by atoms with Gasteiger partial charge in [-0.2, -0.15) is 0 Å². The highest BCUT2D eigenvalue weighted by molar-refractivity contribution is 5.98. The number of carbonyl (C=O) groups is 4. The van der Waals surface area contributed by atoms with E-state index in [2.05, 4.69) is 41.8 Å². The van der Waals surface area contributed by atoms with Crippen LogP contribution in [0.25, 0.3) is 22.6 Å². The van der Waals surface area contributed by atoms with Crippen LogP contribution in [-0.2, 0) is 26.4 Å². The van der Waals surface area contributed by atoms with Crippen molar-refractivity contribution in [2.75, 3.05) is 26.7 Å². The van der Waals surface area contributed by atoms with Gasteiger partial charge in [-0.3, -0.25) is 36.8 Å². The van der Waals surface area contributed by atoms with Crippen molar-refractivity contribution in [2.24, 2.45) is 22.9 Å². The number of amides is 3. The molecule has 12 rings (SSSR count). The number of ether oxygens (including phenoxy) is 5. The van der Waals surface area contributed by atoms with Gasteiger partial charge in [-0.05, 0) is 167 Å². The number of rotatable bonds is 36. The van der Waals surface area contributed by atoms with Crippen LogP contribution in [0, 0.1) is 93.5 Å². The minimum Gasteiger partial charge on any atom is -0.494 e. The van der Waals surface area contributed by atoms with Gasteiger partial charge in [-0.1, -0.05) is 77.5 Å². The third kappa shape index (κ3) is 25.7. The molecule has 0 saturated heterocycles. The number of aromatic nitrogens is 8. The monoisotopic (exact) mass is 1830 g/mol. The second-order valence-electron chi connectivity index (χ2n) is 33.3. The summed E-state index contributed by atoms with van der Waals surface area (Å²) in [5, 5.41) is 8.48. The van der Waals surface area contributed by atoms with Crippen LogP contribution >= 0.6 is 0 Å². The molecular formula is C95H109F12N15O9. The normalized spacial score (nSPS) is 13.2. The van der Waals surface area contributed by atoms with Crippen LogP contribution in [0.2, 0.25) is 0 Å². The van der Waals surface area contributed by atoms with Crippen molar-refractivity contribution in [3.8, 4) is 41.1 Å². The molecular weight excluding hydrogens is 1720 g/mol. The van der Waals surface area contributed by atoms with Crippen molar-refractivity contribution >= 4 is 46.1 Å². The Bertz CT molecular complexity index is 5920. The van der Waals surface area contributed by atoms with Crippen LogP contribution in [0.5, 0.6) is 28.7 Å². The van der Waals surface area contributed by atoms with Crippen LogP contribution in [0.1, 0.15) is 242 Å². The predicted octanol–water partition coefficient (Wildman–Crippen LogP) is 18.4. The highest BCUT2D eigenvalue weighted by Gasteiger charge is 2.32. The molecule has 11 N–H and O–H groups in total. The van der Waals surface area contributed by atoms with Crippen LogP contribution in [0.15, 0.2) is 116 Å². The Morgan fingerprint density at radius 3 is 1.06 bits per heavy atom. The van der Waals surface area contributed by atoms with Gasteiger partial charge in [0.15, 0.2) is 62.9 Å². The second kappa shape index (κ2) is 44.3. The SMILES string of the molecule is C#Cc1cc(OCc2c(F)cccc2F)c2nc(C)c(C(=O)NCC(C)(N)CCC)n2c1.CCCC(C)(N)CCC(=O)c1c(C)nc2c(OCc3c(F)cccc3F)cc(C(F)F)cn12.CCCC(C)(N)CNC(=O)c1c(C)nc2c(OCc3c(F)ccc(OC)c3F)cc(C)cn12.CCCC(C)(N)CNC(=O)c1c(C)nc2c(OCc3c(F)cccc3F)cc(C(F)F)cn12. The number of nitrogens with zero attached hydrogens (tertiary/aromatic N) is 8. The van der Waals surface area contributed by atoms with E-state index in [1.807, 2.05) is 55.4 Å². The summed E-state index contributed by atoms with van der Waals surface area (Å²) in [7, 11) is 1.31. The Morgan fingerprint density at radius 1 is 0.412 bits per heavy atom. The molecule has 0 spiro atoms. The highest BCUT2D eigenvalue weighted by Crippen LogP contribution is 2.36. The van der Waals surface area contributed by atoms with Gasteiger partial charge in [0.1, 0.15) is 89.9 Å². The number of methoxy groups -OCH3 is 1. The summed E-state index contributed by atoms with van der Waals surface area (Å²) >= 11 is 0. The maximum Gasteiger partial charge on any atom is 0.270 e. The quantitative estimate of drug-likeness (QED) is 0.0109. The molecule has 4 unspecified atom stereocenters. The van der Waals surface area contributed by atoms with Crippen molar-refractivity contribution in [3.63, 3.8) is 0 Å². The number of hydrogen-bond donors (Lipinski definition) is 7. The second-order valence-corrected chi connectivity index (χ2v) is 33.3. The summed E-state index contributed by atoms with van der Waals surface area (Å²) in [6.45, 7) is 22.8. The molecule has 131 heavy (non-hydrogen) atoms. The number of hydrogen-bond acceptors (Lipinski definition) is 17. The molecule has 36 heteroatoms. The summed E-state index contributed by atoms with van der Waals surface area (Å²) in [6.07, 6.45) is 12.4. The summed E-state index contributed by atoms with van der Waals surface area (Å²) in [6, 6.07) is 18.0. The van der Waals surface area contributed by atoms with Gasteiger partial charge in [-0.25, -0.2) is 72.6 Å². The predicted molar refractivity (Wildman–Crippen MR) is 472 cm³/mol. The van der Waals surface area contributed by atoms with Crippen molar-refractivity contribution in [3.05, 3.63) is 252 Å². The zero-order valence-corrected chi connectivity index (χ0v) is 75.3. The van der Waals surface area contributed by atoms with Crippen molar-refractivity contribution < 1.29 is 95.5 Å². The zero-order valence-electron chi connectivity index (χ0n) is 75.3. The molecule has 0 fully saturated rings. The van der Waals surface area contributed by atoms with Gasteiger partial charge in [0, 0.05) is 95.8 Å². The molecule has 0 saturated carbocycles. The first-order valence-electron chi connectivity index (χ1n) is 42.3. The van der Waals surface area contributed by atoms with Gasteiger partial charge >= 0.3 is 0 Å². The number of imidazole rings is 4. The maximum absolute atomic E-state index is 14.5. The molecule has 0 aliphatic heterocycles. The number of benzene rings is 4. The molecule has 8 heterocycles. The average Bonchev–Trinajstić information content (AvgIpc) is 1.63. The van der Waals surface area contributed by atoms with Crippen molar-refractivity contribution in [1.29, 1.82) is 0 Å². The minimum absolute atomic E-state index is 0.0433. The van der Waals surface area contributed by atoms with E-state index in [1.165, 1.54) is 44.6 Å². The molecule has 4 aromatic carbocycles. The molecule has 12 aromatic rings. The van der Waals surface area contributed by atoms with E-state index in [1.54, 1.807) is 63.5 Å². The fourth-order valence-corrected chi connectivity index (χ4v) is 14.7. The number of nitrogens with one attached hydrogen (secondary N) is 3. The van der Waals surface area contributed by atoms with Crippen LogP contribution in [0.4, 0.5) is 52.7 Å². The van der Waals surface area contributed by atoms with Gasteiger partial charge in [0.05, 0.1) is 52.1 Å². The topological polar surface area (TPSA) is 324 Å². The fourth-order valence-electron chi connectivity index (χ4n) is 14.7. The number of Topliss-reactive ketones (excluding diaryl/α,β-unsaturated/α-hetero) is 1. The standard InChI is InChI=1S/C24H27F4N3O2.C24H30F2N4O3.C24H26F2N4O2.C23H26F4N4O2/c1-4-9-24(3,29)10-8-19(32)21-14(2)30-23-20(11-15(22(27)28)12-31(21)23)33-13-16-17(25)6-5-7-18(16)26;1-6-9-24(4,27)13-28-23(31)21-15(3)29-22-19(10-14(2)11-30(21)22)33-12-16-17(25)7-8-18(32-5)20(16)26;1-5-10-24(4,27)14-28-23(31)21-15(3)29-22-20(11-16(6-2)12-30(21)22)32-13-17-18(25)8-7-9-19(17)26;1-4-8-23(3,28)12-29-22(32)19-13(2)30-21-18(9-14(20(26)27)10-31(19)21)33-11-15-16(24)6-5-7-17(15)25/h5-7,11-12,22H,4,8-10,13,29H2,1-3H3;7-8,10-11H,6,9,12-13,27H2,1-5H3,(H,28,31);2,7-9,11-12H,5,10,13-14,27H2,1,3-4H3,(H,28,31);5-7,9-10,20H,4,8,11-12,28H2,1-3H3,(H,29,32). The number of pyridine rings is 4. The summed E-state index contributed by atoms with van der Waals surface area (Å²) in [4.78, 5) is 69.4. The molecule has 3 amide bonds. The van der Waals surface area contributed by atoms with Crippen LogP contribution in [0.3, 0.4) is 0 Å². The highest BCUT2D eigenvalue weighted by atomic mass is 19.3. The Balaban J connectivity index is 0.000000197. The van der Waals surface area contributed by atoms with E-state index < -0.39 is 112 Å². The number of carbonyl (C=O) groups excluding carboxylic acids is 4. The lowest BCUT2D eigenvalue weighted by molar-refractivity contribution is 0.0929. The molecule has 0 radical (unpaired) electrons. The van der Waals surface area contributed by atoms with Crippen molar-refractivity contribution in [2.45, 2.75) is 216 Å². The van der Waals surface area contributed by atoms with Crippen LogP contribution < -0.4 is 62.6 Å². The Labute approximate surface area is 750 Å². The maximum atomic E-state index is 14.5. The summed E-state index contributed by atoms with van der Waals surface area (Å²) in [5.41, 5.74) is 25.1. The molecule has 24 nitrogen and oxygen atoms in total. The lowest BCUT2D eigenvalue weighted by atomic mass is 9.90. The molecule has 702 valence electrons. The first-order valence-corrected chi connectivity index (χ1v) is 42.3. The van der Waals surface area contributed by atoms with Gasteiger partial charge in [0.25, 0.3) is 30.6 Å². The van der Waals surface area contributed by atoms with Gasteiger partial charge in [0.2, 0.25) is 0 Å². The first kappa shape index (κ1) is 102. The largest absolute Gasteiger partial charge is 0.494 e. The van der Waals surface area contributed by atoms with E-state index in [0.29, 0.717) is 64.8 Å². The van der Waals surface area contributed by atoms with Crippen LogP contribution in [-0.4, -0.2) is 110 Å². The minimum atomic E-state index is -2.88. The fraction of sp³-hybridized carbons (Fsp3) is 0.389. The number of fused-ring (bicyclic) bond motifs is 4. The van der Waals surface area contributed by atoms with E-state index in [9.17, 15) is 71.9 Å². The lowest BCUT2D eigenvalue weighted by Crippen LogP contribution is -2.47. The smallest absolute Gasteiger partial charge is 0.270 e. The van der Waals surface area contributed by atoms with E-state index >= 15 is 0 Å². The van der Waals surface area contributed by atoms with E-state index in [0.717, 1.165) is 118 Å². The van der Waals surface area contributed by atoms with Gasteiger partial charge < -0.3 is 62.6 Å². The lowest BCUT2D eigenvalue weighted by Gasteiger charge is -2.24. The van der Waals surface area contributed by atoms with E-state index in [4.69, 9.17) is 53.0 Å². The molecule has 4 atom stereocenters. The number of alkyl halides is 4. The molecule has 0 aliphatic rings. The van der Waals surface area contributed by atoms with Crippen molar-refractivity contribution in [1.82, 2.24) is 53.5 Å². The number of terminal acetylenes is 1. The zero-order chi connectivity index (χ0) is 96.5. The number of aryl methyl sites for hydroxylation is 5. The first-order chi connectivity index (χ1) is 61.8. The molecule has 8 aromatic heterocycles. The number of halogens is 12. The third-order valence-electron chi connectivity index (χ3n) is 21.4. The molecule has 0 bridgehead atoms. The Kier molecular flexibility index (Phi) is 34.5. The van der Waals surface area contributed by atoms with E-state index in [-0.39, 0.29) is 130 Å².